The van der Waals surface area contributed by atoms with Gasteiger partial charge in [-0.2, -0.15) is 0 Å². The Morgan fingerprint density at radius 2 is 1.63 bits per heavy atom. The largest absolute Gasteiger partial charge is 0.508 e. The smallest absolute Gasteiger partial charge is 0.303 e. The molecule has 8 aliphatic rings. The number of rotatable bonds is 2. The van der Waals surface area contributed by atoms with Gasteiger partial charge in [0.2, 0.25) is 0 Å². The lowest BCUT2D eigenvalue weighted by Gasteiger charge is -2.57. The number of hydrogen-bond donors (Lipinski definition) is 2. The lowest BCUT2D eigenvalue weighted by molar-refractivity contribution is -0.185. The highest BCUT2D eigenvalue weighted by molar-refractivity contribution is 6.32. The number of aliphatic hydroxyl groups is 1. The van der Waals surface area contributed by atoms with E-state index in [1.54, 1.807) is 6.92 Å². The molecule has 0 heterocycles. The van der Waals surface area contributed by atoms with E-state index in [9.17, 15) is 24.6 Å². The van der Waals surface area contributed by atoms with Crippen LogP contribution in [0.25, 0.3) is 0 Å². The summed E-state index contributed by atoms with van der Waals surface area (Å²) in [6.45, 7) is 9.63. The van der Waals surface area contributed by atoms with E-state index >= 15 is 0 Å². The molecule has 0 bridgehead atoms. The van der Waals surface area contributed by atoms with E-state index in [1.165, 1.54) is 18.1 Å². The van der Waals surface area contributed by atoms with Crippen molar-refractivity contribution in [3.8, 4) is 18.1 Å². The van der Waals surface area contributed by atoms with Crippen LogP contribution in [-0.4, -0.2) is 39.0 Å². The molecule has 9 rings (SSSR count). The van der Waals surface area contributed by atoms with Crippen LogP contribution in [-0.2, 0) is 25.5 Å². The van der Waals surface area contributed by atoms with Gasteiger partial charge in [0, 0.05) is 34.1 Å². The average Bonchev–Trinajstić information content (AvgIpc) is 3.79. The second-order valence-corrected chi connectivity index (χ2v) is 18.7. The third-order valence-electron chi connectivity index (χ3n) is 16.6. The predicted octanol–water partition coefficient (Wildman–Crippen LogP) is 8.22. The van der Waals surface area contributed by atoms with E-state index in [2.05, 4.69) is 38.8 Å². The number of Topliss-reactive ketones (excluding diaryl/α,β-unsaturated/α-hetero) is 1. The number of aromatic hydroxyl groups is 1. The van der Waals surface area contributed by atoms with Crippen LogP contribution in [0.3, 0.4) is 0 Å². The van der Waals surface area contributed by atoms with Crippen LogP contribution < -0.4 is 0 Å². The molecule has 1 unspecified atom stereocenters. The number of hydrogen-bond acceptors (Lipinski definition) is 6. The zero-order valence-electron chi connectivity index (χ0n) is 30.8. The number of ether oxygens (including phenoxy) is 1. The minimum atomic E-state index is -1.03. The molecule has 0 radical (unpaired) electrons. The SMILES string of the molecule is C#C[C@]1(O)CC[C@H]2[C@@H]3CCc4cc(O)ccc4[C@H]3CC[C@@]21C.CC(=O)O[C@]1(C(C)=O)CC[C@H]2[C@@H]3C=C(Cl)C4=CC(=O)[C@@H]5CC5[C@]4(C)[C@H]3CC[C@@]21C. The molecular weight excluding hydrogens is 660 g/mol. The minimum Gasteiger partial charge on any atom is -0.508 e. The normalized spacial score (nSPS) is 46.7. The Balaban J connectivity index is 0.000000152. The second kappa shape index (κ2) is 11.6. The third kappa shape index (κ3) is 4.68. The summed E-state index contributed by atoms with van der Waals surface area (Å²) < 4.78 is 5.82. The Hall–Kier alpha value is -2.88. The van der Waals surface area contributed by atoms with Gasteiger partial charge in [-0.3, -0.25) is 14.4 Å². The quantitative estimate of drug-likeness (QED) is 0.237. The van der Waals surface area contributed by atoms with Crippen molar-refractivity contribution in [2.24, 2.45) is 57.7 Å². The van der Waals surface area contributed by atoms with E-state index in [1.807, 2.05) is 18.2 Å². The molecule has 0 aliphatic heterocycles. The van der Waals surface area contributed by atoms with Crippen molar-refractivity contribution in [2.45, 2.75) is 122 Å². The number of aryl methyl sites for hydroxylation is 1. The van der Waals surface area contributed by atoms with Crippen LogP contribution in [0.4, 0.5) is 0 Å². The molecular formula is C44H53ClO6. The van der Waals surface area contributed by atoms with Gasteiger partial charge in [0.1, 0.15) is 11.4 Å². The van der Waals surface area contributed by atoms with Crippen LogP contribution in [0.2, 0.25) is 0 Å². The highest BCUT2D eigenvalue weighted by Gasteiger charge is 2.70. The number of phenols is 1. The van der Waals surface area contributed by atoms with Gasteiger partial charge in [-0.1, -0.05) is 50.4 Å². The number of carbonyl (C=O) groups is 3. The van der Waals surface area contributed by atoms with Crippen LogP contribution in [0.1, 0.15) is 116 Å². The third-order valence-corrected chi connectivity index (χ3v) is 16.9. The number of halogens is 1. The Morgan fingerprint density at radius 3 is 2.33 bits per heavy atom. The highest BCUT2D eigenvalue weighted by atomic mass is 35.5. The van der Waals surface area contributed by atoms with Crippen LogP contribution >= 0.6 is 11.6 Å². The zero-order chi connectivity index (χ0) is 36.5. The maximum Gasteiger partial charge on any atom is 0.303 e. The first kappa shape index (κ1) is 35.2. The molecule has 8 aliphatic carbocycles. The maximum atomic E-state index is 12.8. The standard InChI is InChI=1S/C24H29ClO4.C20H24O2/c1-12(26)24(29-13(2)27)8-6-16-14-10-20(25)19-11-21(28)15-9-18(15)23(19,4)17(14)5-7-22(16,24)3;1-3-20(22)11-9-18-17-6-4-13-12-14(21)5-7-15(13)16(17)8-10-19(18,20)2/h10-11,14-18H,5-9H2,1-4H3;1,5,7,12,16-18,21-22H,4,6,8-11H2,2H3/t14-,15+,16-,17-,18?,22-,23-,24-;16-,17-,18+,19+,20+/m01/s1. The summed E-state index contributed by atoms with van der Waals surface area (Å²) in [5, 5.41) is 21.3. The Labute approximate surface area is 307 Å². The average molecular weight is 713 g/mol. The van der Waals surface area contributed by atoms with E-state index < -0.39 is 11.2 Å². The molecule has 0 saturated heterocycles. The van der Waals surface area contributed by atoms with Crippen molar-refractivity contribution in [1.82, 2.24) is 0 Å². The van der Waals surface area contributed by atoms with Gasteiger partial charge in [-0.15, -0.1) is 6.42 Å². The molecule has 0 aromatic heterocycles. The predicted molar refractivity (Wildman–Crippen MR) is 195 cm³/mol. The summed E-state index contributed by atoms with van der Waals surface area (Å²) in [4.78, 5) is 37.1. The number of fused-ring (bicyclic) bond motifs is 12. The summed E-state index contributed by atoms with van der Waals surface area (Å²) >= 11 is 6.79. The molecule has 6 nitrogen and oxygen atoms in total. The van der Waals surface area contributed by atoms with Crippen molar-refractivity contribution in [3.05, 3.63) is 52.1 Å². The van der Waals surface area contributed by atoms with Gasteiger partial charge in [0.25, 0.3) is 0 Å². The first-order chi connectivity index (χ1) is 24.0. The topological polar surface area (TPSA) is 101 Å². The maximum absolute atomic E-state index is 12.8. The van der Waals surface area contributed by atoms with Crippen molar-refractivity contribution in [3.63, 3.8) is 0 Å². The highest BCUT2D eigenvalue weighted by Crippen LogP contribution is 2.72. The monoisotopic (exact) mass is 712 g/mol. The van der Waals surface area contributed by atoms with Crippen molar-refractivity contribution in [1.29, 1.82) is 0 Å². The van der Waals surface area contributed by atoms with E-state index in [0.29, 0.717) is 46.8 Å². The van der Waals surface area contributed by atoms with Crippen molar-refractivity contribution in [2.75, 3.05) is 0 Å². The number of benzene rings is 1. The zero-order valence-corrected chi connectivity index (χ0v) is 31.5. The van der Waals surface area contributed by atoms with E-state index in [4.69, 9.17) is 22.8 Å². The Kier molecular flexibility index (Phi) is 7.97. The fourth-order valence-corrected chi connectivity index (χ4v) is 14.3. The first-order valence-electron chi connectivity index (χ1n) is 19.4. The molecule has 2 N–H and O–H groups in total. The summed E-state index contributed by atoms with van der Waals surface area (Å²) in [7, 11) is 0. The summed E-state index contributed by atoms with van der Waals surface area (Å²) in [6, 6.07) is 5.87. The Morgan fingerprint density at radius 1 is 0.922 bits per heavy atom. The fraction of sp³-hybridized carbons (Fsp3) is 0.659. The number of terminal acetylenes is 1. The van der Waals surface area contributed by atoms with Crippen LogP contribution in [0, 0.1) is 70.0 Å². The van der Waals surface area contributed by atoms with E-state index in [-0.39, 0.29) is 51.5 Å². The van der Waals surface area contributed by atoms with Crippen molar-refractivity contribution >= 4 is 29.1 Å². The minimum absolute atomic E-state index is 0.0423. The van der Waals surface area contributed by atoms with Gasteiger partial charge < -0.3 is 14.9 Å². The molecule has 5 fully saturated rings. The van der Waals surface area contributed by atoms with Gasteiger partial charge in [0.05, 0.1) is 0 Å². The number of carbonyl (C=O) groups excluding carboxylic acids is 3. The first-order valence-corrected chi connectivity index (χ1v) is 19.8. The molecule has 7 heteroatoms. The number of phenolic OH excluding ortho intramolecular Hbond substituents is 1. The lowest BCUT2D eigenvalue weighted by Crippen LogP contribution is -2.58. The molecule has 272 valence electrons. The molecule has 51 heavy (non-hydrogen) atoms. The lowest BCUT2D eigenvalue weighted by atomic mass is 9.47. The van der Waals surface area contributed by atoms with Gasteiger partial charge in [-0.25, -0.2) is 0 Å². The number of esters is 1. The summed E-state index contributed by atoms with van der Waals surface area (Å²) in [6.07, 6.45) is 20.0. The number of ketones is 2. The molecule has 0 spiro atoms. The van der Waals surface area contributed by atoms with Crippen LogP contribution in [0.5, 0.6) is 5.75 Å². The fourth-order valence-electron chi connectivity index (χ4n) is 13.8. The van der Waals surface area contributed by atoms with Crippen molar-refractivity contribution < 1.29 is 29.3 Å². The second-order valence-electron chi connectivity index (χ2n) is 18.3. The van der Waals surface area contributed by atoms with Gasteiger partial charge in [-0.05, 0) is 154 Å². The number of allylic oxidation sites excluding steroid dienone is 4. The van der Waals surface area contributed by atoms with Gasteiger partial charge in [0.15, 0.2) is 17.2 Å². The molecule has 13 atom stereocenters. The molecule has 5 saturated carbocycles. The Bertz CT molecular complexity index is 1820. The molecule has 1 aromatic rings. The molecule has 1 aromatic carbocycles. The summed E-state index contributed by atoms with van der Waals surface area (Å²) in [5.74, 6) is 6.09. The van der Waals surface area contributed by atoms with E-state index in [0.717, 1.165) is 69.8 Å². The summed E-state index contributed by atoms with van der Waals surface area (Å²) in [5.41, 5.74) is 1.24. The molecule has 0 amide bonds. The van der Waals surface area contributed by atoms with Crippen LogP contribution in [0.15, 0.2) is 41.0 Å². The van der Waals surface area contributed by atoms with Gasteiger partial charge >= 0.3 is 5.97 Å².